The Hall–Kier alpha value is -1.92. The molecule has 5 nitrogen and oxygen atoms in total. The van der Waals surface area contributed by atoms with Crippen molar-refractivity contribution in [1.82, 2.24) is 9.29 Å². The Bertz CT molecular complexity index is 856. The third-order valence-electron chi connectivity index (χ3n) is 5.59. The van der Waals surface area contributed by atoms with Gasteiger partial charge in [-0.05, 0) is 43.4 Å². The fraction of sp³-hybridized carbons (Fsp3) is 0.450. The molecule has 1 aromatic heterocycles. The number of anilines is 1. The van der Waals surface area contributed by atoms with Gasteiger partial charge >= 0.3 is 0 Å². The molecule has 0 atom stereocenters. The van der Waals surface area contributed by atoms with E-state index in [9.17, 15) is 8.42 Å². The smallest absolute Gasteiger partial charge is 0.244 e. The van der Waals surface area contributed by atoms with Crippen LogP contribution in [-0.2, 0) is 15.4 Å². The van der Waals surface area contributed by atoms with Gasteiger partial charge in [0.1, 0.15) is 10.7 Å². The largest absolute Gasteiger partial charge is 0.359 e. The zero-order valence-corrected chi connectivity index (χ0v) is 16.0. The Labute approximate surface area is 155 Å². The lowest BCUT2D eigenvalue weighted by Crippen LogP contribution is -2.30. The van der Waals surface area contributed by atoms with Gasteiger partial charge in [-0.2, -0.15) is 4.31 Å². The maximum Gasteiger partial charge on any atom is 0.244 e. The fourth-order valence-corrected chi connectivity index (χ4v) is 5.31. The van der Waals surface area contributed by atoms with E-state index in [0.29, 0.717) is 18.0 Å². The molecule has 1 aromatic carbocycles. The minimum Gasteiger partial charge on any atom is -0.359 e. The first-order chi connectivity index (χ1) is 12.5. The molecule has 26 heavy (non-hydrogen) atoms. The van der Waals surface area contributed by atoms with Crippen molar-refractivity contribution in [2.24, 2.45) is 0 Å². The number of nitrogens with zero attached hydrogens (tertiary/aromatic N) is 3. The van der Waals surface area contributed by atoms with Crippen molar-refractivity contribution in [1.29, 1.82) is 0 Å². The van der Waals surface area contributed by atoms with Crippen LogP contribution in [0.2, 0.25) is 0 Å². The minimum atomic E-state index is -3.39. The second-order valence-corrected chi connectivity index (χ2v) is 9.40. The standard InChI is InChI=1S/C20H25N3O2S/c1-22(16-20(11-12-20)17-7-3-2-4-8-17)19-10-9-18(15-21-19)26(24,25)23-13-5-6-14-23/h2-4,7-10,15H,5-6,11-14,16H2,1H3. The molecule has 1 aliphatic carbocycles. The van der Waals surface area contributed by atoms with Gasteiger partial charge in [-0.3, -0.25) is 0 Å². The molecule has 1 saturated carbocycles. The van der Waals surface area contributed by atoms with E-state index >= 15 is 0 Å². The fourth-order valence-electron chi connectivity index (χ4n) is 3.84. The quantitative estimate of drug-likeness (QED) is 0.783. The number of sulfonamides is 1. The summed E-state index contributed by atoms with van der Waals surface area (Å²) in [4.78, 5) is 6.87. The topological polar surface area (TPSA) is 53.5 Å². The first kappa shape index (κ1) is 17.5. The van der Waals surface area contributed by atoms with Crippen molar-refractivity contribution in [2.45, 2.75) is 36.0 Å². The van der Waals surface area contributed by atoms with Crippen LogP contribution in [0.25, 0.3) is 0 Å². The highest BCUT2D eigenvalue weighted by atomic mass is 32.2. The molecule has 1 aliphatic heterocycles. The van der Waals surface area contributed by atoms with Gasteiger partial charge in [-0.1, -0.05) is 30.3 Å². The maximum atomic E-state index is 12.6. The average Bonchev–Trinajstić information content (AvgIpc) is 3.22. The number of aromatic nitrogens is 1. The highest BCUT2D eigenvalue weighted by Crippen LogP contribution is 2.48. The van der Waals surface area contributed by atoms with Gasteiger partial charge in [0.05, 0.1) is 0 Å². The summed E-state index contributed by atoms with van der Waals surface area (Å²) in [5.41, 5.74) is 1.58. The van der Waals surface area contributed by atoms with Crippen molar-refractivity contribution < 1.29 is 8.42 Å². The molecule has 4 rings (SSSR count). The Morgan fingerprint density at radius 3 is 2.35 bits per heavy atom. The molecule has 0 bridgehead atoms. The zero-order valence-electron chi connectivity index (χ0n) is 15.1. The molecular formula is C20H25N3O2S. The van der Waals surface area contributed by atoms with Gasteiger partial charge in [0.2, 0.25) is 10.0 Å². The summed E-state index contributed by atoms with van der Waals surface area (Å²) < 4.78 is 26.8. The molecule has 2 aromatic rings. The molecular weight excluding hydrogens is 346 g/mol. The minimum absolute atomic E-state index is 0.206. The molecule has 6 heteroatoms. The highest BCUT2D eigenvalue weighted by molar-refractivity contribution is 7.89. The van der Waals surface area contributed by atoms with Gasteiger partial charge in [0.15, 0.2) is 0 Å². The van der Waals surface area contributed by atoms with Crippen LogP contribution in [0.5, 0.6) is 0 Å². The third-order valence-corrected chi connectivity index (χ3v) is 7.48. The number of pyridine rings is 1. The predicted octanol–water partition coefficient (Wildman–Crippen LogP) is 3.03. The highest BCUT2D eigenvalue weighted by Gasteiger charge is 2.45. The van der Waals surface area contributed by atoms with Crippen LogP contribution in [0.4, 0.5) is 5.82 Å². The Balaban J connectivity index is 1.49. The number of benzene rings is 1. The molecule has 0 spiro atoms. The number of hydrogen-bond donors (Lipinski definition) is 0. The monoisotopic (exact) mass is 371 g/mol. The van der Waals surface area contributed by atoms with Crippen LogP contribution in [0.3, 0.4) is 0 Å². The second-order valence-electron chi connectivity index (χ2n) is 7.47. The summed E-state index contributed by atoms with van der Waals surface area (Å²) >= 11 is 0. The van der Waals surface area contributed by atoms with Gasteiger partial charge in [-0.25, -0.2) is 13.4 Å². The summed E-state index contributed by atoms with van der Waals surface area (Å²) in [5, 5.41) is 0. The van der Waals surface area contributed by atoms with Gasteiger partial charge in [0, 0.05) is 38.3 Å². The lowest BCUT2D eigenvalue weighted by Gasteiger charge is -2.25. The van der Waals surface area contributed by atoms with E-state index in [1.807, 2.05) is 19.2 Å². The third kappa shape index (κ3) is 3.23. The Morgan fingerprint density at radius 1 is 1.08 bits per heavy atom. The van der Waals surface area contributed by atoms with Crippen molar-refractivity contribution >= 4 is 15.8 Å². The van der Waals surface area contributed by atoms with Crippen molar-refractivity contribution in [3.8, 4) is 0 Å². The van der Waals surface area contributed by atoms with Crippen LogP contribution in [0.15, 0.2) is 53.6 Å². The van der Waals surface area contributed by atoms with Crippen LogP contribution < -0.4 is 4.90 Å². The lowest BCUT2D eigenvalue weighted by molar-refractivity contribution is 0.477. The molecule has 0 radical (unpaired) electrons. The van der Waals surface area contributed by atoms with Crippen molar-refractivity contribution in [2.75, 3.05) is 31.6 Å². The lowest BCUT2D eigenvalue weighted by atomic mass is 9.95. The van der Waals surface area contributed by atoms with E-state index in [1.165, 1.54) is 24.6 Å². The number of rotatable bonds is 6. The van der Waals surface area contributed by atoms with Crippen molar-refractivity contribution in [3.63, 3.8) is 0 Å². The van der Waals surface area contributed by atoms with Gasteiger partial charge in [-0.15, -0.1) is 0 Å². The average molecular weight is 372 g/mol. The second kappa shape index (κ2) is 6.67. The summed E-state index contributed by atoms with van der Waals surface area (Å²) in [6, 6.07) is 14.1. The normalized spacial score (nSPS) is 19.4. The maximum absolute atomic E-state index is 12.6. The van der Waals surface area contributed by atoms with E-state index in [0.717, 1.165) is 25.2 Å². The molecule has 138 valence electrons. The van der Waals surface area contributed by atoms with Crippen LogP contribution in [-0.4, -0.2) is 44.4 Å². The van der Waals surface area contributed by atoms with E-state index in [2.05, 4.69) is 34.1 Å². The Kier molecular flexibility index (Phi) is 4.49. The molecule has 0 amide bonds. The van der Waals surface area contributed by atoms with Crippen molar-refractivity contribution in [3.05, 3.63) is 54.2 Å². The first-order valence-electron chi connectivity index (χ1n) is 9.24. The Morgan fingerprint density at radius 2 is 1.77 bits per heavy atom. The molecule has 2 aliphatic rings. The summed E-state index contributed by atoms with van der Waals surface area (Å²) in [7, 11) is -1.37. The first-order valence-corrected chi connectivity index (χ1v) is 10.7. The molecule has 2 heterocycles. The van der Waals surface area contributed by atoms with E-state index in [-0.39, 0.29) is 5.41 Å². The number of hydrogen-bond acceptors (Lipinski definition) is 4. The van der Waals surface area contributed by atoms with E-state index in [4.69, 9.17) is 0 Å². The SMILES string of the molecule is CN(CC1(c2ccccc2)CC1)c1ccc(S(=O)(=O)N2CCCC2)cn1. The van der Waals surface area contributed by atoms with Gasteiger partial charge in [0.25, 0.3) is 0 Å². The summed E-state index contributed by atoms with van der Waals surface area (Å²) in [6.45, 7) is 2.12. The van der Waals surface area contributed by atoms with Crippen LogP contribution in [0, 0.1) is 0 Å². The molecule has 2 fully saturated rings. The summed E-state index contributed by atoms with van der Waals surface area (Å²) in [6.07, 6.45) is 5.75. The zero-order chi connectivity index (χ0) is 18.2. The van der Waals surface area contributed by atoms with Gasteiger partial charge < -0.3 is 4.90 Å². The predicted molar refractivity (Wildman–Crippen MR) is 103 cm³/mol. The number of likely N-dealkylation sites (N-methyl/N-ethyl adjacent to an activating group) is 1. The van der Waals surface area contributed by atoms with E-state index < -0.39 is 10.0 Å². The summed E-state index contributed by atoms with van der Waals surface area (Å²) in [5.74, 6) is 0.813. The van der Waals surface area contributed by atoms with E-state index in [1.54, 1.807) is 10.4 Å². The molecule has 1 saturated heterocycles. The molecule has 0 N–H and O–H groups in total. The van der Waals surface area contributed by atoms with Crippen LogP contribution >= 0.6 is 0 Å². The van der Waals surface area contributed by atoms with Crippen LogP contribution in [0.1, 0.15) is 31.2 Å². The molecule has 0 unspecified atom stereocenters.